The third-order valence-electron chi connectivity index (χ3n) is 11.5. The van der Waals surface area contributed by atoms with Crippen LogP contribution in [0.3, 0.4) is 0 Å². The molecule has 4 aromatic carbocycles. The molecule has 0 unspecified atom stereocenters. The number of aryl methyl sites for hydroxylation is 1. The van der Waals surface area contributed by atoms with Gasteiger partial charge in [-0.1, -0.05) is 65.7 Å². The minimum absolute atomic E-state index is 0.130. The zero-order valence-corrected chi connectivity index (χ0v) is 28.9. The molecule has 2 heterocycles. The summed E-state index contributed by atoms with van der Waals surface area (Å²) in [6, 6.07) is 28.0. The van der Waals surface area contributed by atoms with E-state index in [0.29, 0.717) is 28.1 Å². The van der Waals surface area contributed by atoms with E-state index in [-0.39, 0.29) is 41.9 Å². The number of hydrogen-bond acceptors (Lipinski definition) is 8. The van der Waals surface area contributed by atoms with E-state index < -0.39 is 46.8 Å². The Hall–Kier alpha value is -6.03. The lowest BCUT2D eigenvalue weighted by atomic mass is 9.49. The van der Waals surface area contributed by atoms with Crippen LogP contribution in [0.4, 0.5) is 11.4 Å². The number of fused-ring (bicyclic) bond motifs is 4. The van der Waals surface area contributed by atoms with Gasteiger partial charge < -0.3 is 9.84 Å². The number of methoxy groups -OCH3 is 1. The van der Waals surface area contributed by atoms with E-state index in [1.165, 1.54) is 18.9 Å². The average molecular weight is 696 g/mol. The molecule has 0 radical (unpaired) electrons. The van der Waals surface area contributed by atoms with Gasteiger partial charge in [-0.3, -0.25) is 34.3 Å². The Morgan fingerprint density at radius 1 is 0.865 bits per heavy atom. The van der Waals surface area contributed by atoms with Crippen molar-refractivity contribution in [1.82, 2.24) is 5.01 Å². The van der Waals surface area contributed by atoms with Crippen LogP contribution < -0.4 is 15.1 Å². The van der Waals surface area contributed by atoms with Crippen molar-refractivity contribution in [2.45, 2.75) is 38.0 Å². The number of phenols is 1. The molecule has 6 atom stereocenters. The van der Waals surface area contributed by atoms with Gasteiger partial charge in [-0.2, -0.15) is 5.01 Å². The van der Waals surface area contributed by atoms with E-state index in [0.717, 1.165) is 16.1 Å². The van der Waals surface area contributed by atoms with Gasteiger partial charge in [0, 0.05) is 11.5 Å². The fourth-order valence-electron chi connectivity index (χ4n) is 9.11. The smallest absolute Gasteiger partial charge is 0.260 e. The summed E-state index contributed by atoms with van der Waals surface area (Å²) in [5.41, 5.74) is 6.05. The molecule has 0 spiro atoms. The minimum atomic E-state index is -1.46. The Balaban J connectivity index is 1.30. The number of carbonyl (C=O) groups excluding carboxylic acids is 5. The molecule has 52 heavy (non-hydrogen) atoms. The summed E-state index contributed by atoms with van der Waals surface area (Å²) in [7, 11) is 1.45. The third-order valence-corrected chi connectivity index (χ3v) is 11.5. The molecule has 2 saturated heterocycles. The molecule has 2 aliphatic carbocycles. The second kappa shape index (κ2) is 12.3. The number of imide groups is 2. The maximum atomic E-state index is 15.2. The van der Waals surface area contributed by atoms with Gasteiger partial charge in [-0.25, -0.2) is 0 Å². The summed E-state index contributed by atoms with van der Waals surface area (Å²) in [5, 5.41) is 12.2. The van der Waals surface area contributed by atoms with E-state index in [1.807, 2.05) is 55.5 Å². The number of hydrogen-bond donors (Lipinski definition) is 2. The highest BCUT2D eigenvalue weighted by Crippen LogP contribution is 2.64. The molecule has 0 aromatic heterocycles. The molecule has 4 amide bonds. The van der Waals surface area contributed by atoms with E-state index in [9.17, 15) is 24.3 Å². The first-order valence-corrected chi connectivity index (χ1v) is 17.4. The van der Waals surface area contributed by atoms with E-state index in [1.54, 1.807) is 54.6 Å². The predicted octanol–water partition coefficient (Wildman–Crippen LogP) is 6.10. The molecular weight excluding hydrogens is 658 g/mol. The predicted molar refractivity (Wildman–Crippen MR) is 192 cm³/mol. The number of Topliss-reactive ketones (excluding diaryl/α,β-unsaturated/α-hetero) is 1. The molecule has 8 rings (SSSR count). The lowest BCUT2D eigenvalue weighted by molar-refractivity contribution is -0.138. The first-order chi connectivity index (χ1) is 25.1. The Morgan fingerprint density at radius 3 is 2.23 bits per heavy atom. The van der Waals surface area contributed by atoms with Crippen molar-refractivity contribution in [3.05, 3.63) is 131 Å². The highest BCUT2D eigenvalue weighted by Gasteiger charge is 2.70. The normalized spacial score (nSPS) is 26.4. The monoisotopic (exact) mass is 695 g/mol. The Labute approximate surface area is 300 Å². The number of ether oxygens (including phenoxy) is 1. The van der Waals surface area contributed by atoms with Crippen LogP contribution >= 0.6 is 0 Å². The number of anilines is 2. The van der Waals surface area contributed by atoms with Gasteiger partial charge in [0.25, 0.3) is 11.8 Å². The van der Waals surface area contributed by atoms with E-state index >= 15 is 4.79 Å². The summed E-state index contributed by atoms with van der Waals surface area (Å²) >= 11 is 0. The fourth-order valence-corrected chi connectivity index (χ4v) is 9.11. The van der Waals surface area contributed by atoms with Crippen molar-refractivity contribution in [3.8, 4) is 11.5 Å². The summed E-state index contributed by atoms with van der Waals surface area (Å²) < 4.78 is 5.37. The van der Waals surface area contributed by atoms with Crippen LogP contribution in [0, 0.1) is 30.6 Å². The van der Waals surface area contributed by atoms with Crippen molar-refractivity contribution in [2.24, 2.45) is 23.7 Å². The van der Waals surface area contributed by atoms with E-state index in [2.05, 4.69) is 5.43 Å². The van der Waals surface area contributed by atoms with Crippen molar-refractivity contribution in [2.75, 3.05) is 17.4 Å². The van der Waals surface area contributed by atoms with Crippen LogP contribution in [0.25, 0.3) is 0 Å². The minimum Gasteiger partial charge on any atom is -0.504 e. The van der Waals surface area contributed by atoms with Crippen LogP contribution in [-0.2, 0) is 24.6 Å². The number of rotatable bonds is 7. The van der Waals surface area contributed by atoms with Gasteiger partial charge >= 0.3 is 0 Å². The summed E-state index contributed by atoms with van der Waals surface area (Å²) in [6.45, 7) is 3.40. The maximum Gasteiger partial charge on any atom is 0.260 e. The average Bonchev–Trinajstić information content (AvgIpc) is 3.53. The van der Waals surface area contributed by atoms with Crippen molar-refractivity contribution >= 4 is 40.8 Å². The Kier molecular flexibility index (Phi) is 7.86. The number of amides is 4. The van der Waals surface area contributed by atoms with Crippen molar-refractivity contribution < 1.29 is 33.8 Å². The first kappa shape index (κ1) is 33.1. The van der Waals surface area contributed by atoms with Crippen LogP contribution in [0.5, 0.6) is 11.5 Å². The Bertz CT molecular complexity index is 2180. The second-order valence-electron chi connectivity index (χ2n) is 14.1. The van der Waals surface area contributed by atoms with Gasteiger partial charge in [0.05, 0.1) is 41.7 Å². The highest BCUT2D eigenvalue weighted by molar-refractivity contribution is 6.22. The van der Waals surface area contributed by atoms with Crippen molar-refractivity contribution in [3.63, 3.8) is 0 Å². The van der Waals surface area contributed by atoms with Gasteiger partial charge in [-0.15, -0.1) is 0 Å². The van der Waals surface area contributed by atoms with Crippen LogP contribution in [0.15, 0.2) is 109 Å². The number of aromatic hydroxyl groups is 1. The van der Waals surface area contributed by atoms with Gasteiger partial charge in [-0.05, 0) is 92.3 Å². The number of allylic oxidation sites excluding steroid dienone is 2. The molecule has 10 heteroatoms. The molecular formula is C42H37N3O7. The zero-order valence-electron chi connectivity index (χ0n) is 28.9. The number of phenolic OH excluding ortho intramolecular Hbond substituents is 1. The Morgan fingerprint density at radius 2 is 1.58 bits per heavy atom. The lowest BCUT2D eigenvalue weighted by Crippen LogP contribution is -2.53. The topological polar surface area (TPSA) is 133 Å². The second-order valence-corrected chi connectivity index (χ2v) is 14.1. The number of benzene rings is 4. The number of nitrogens with zero attached hydrogens (tertiary/aromatic N) is 2. The lowest BCUT2D eigenvalue weighted by Gasteiger charge is -2.50. The molecule has 1 saturated carbocycles. The van der Waals surface area contributed by atoms with Crippen LogP contribution in [0.1, 0.15) is 52.7 Å². The van der Waals surface area contributed by atoms with Crippen LogP contribution in [-0.4, -0.2) is 46.6 Å². The quantitative estimate of drug-likeness (QED) is 0.135. The number of hydrazine groups is 1. The SMILES string of the molecule is COc1ccc([C@H]2C3=CC[C@@H]4C(=O)N(c5ccc(C(C)=O)cc5)C(=O)[C@@H]4[C@@H]3C[C@H]3C(=O)N(Nc4ccc(C)cc4)C(=O)[C@@]23c2ccccc2)cc1O. The van der Waals surface area contributed by atoms with Gasteiger partial charge in [0.1, 0.15) is 0 Å². The summed E-state index contributed by atoms with van der Waals surface area (Å²) in [6.07, 6.45) is 2.37. The standard InChI is InChI=1S/C42H37N3O7/c1-23-9-14-28(15-10-23)43-45-39(49)33-22-32-30(18-19-31-36(32)40(50)44(38(31)48)29-16-11-25(12-17-29)24(2)46)37(26-13-20-35(52-3)34(47)21-26)42(33,41(45)51)27-7-5-4-6-8-27/h4-18,20-21,31-33,36-37,43,47H,19,22H2,1-3H3/t31-,32+,33-,36-,37-,42+/m0/s1. The first-order valence-electron chi connectivity index (χ1n) is 17.4. The molecule has 262 valence electrons. The molecule has 2 aliphatic heterocycles. The number of ketones is 1. The largest absolute Gasteiger partial charge is 0.504 e. The molecule has 10 nitrogen and oxygen atoms in total. The van der Waals surface area contributed by atoms with Crippen LogP contribution in [0.2, 0.25) is 0 Å². The molecule has 3 fully saturated rings. The summed E-state index contributed by atoms with van der Waals surface area (Å²) in [4.78, 5) is 71.7. The highest BCUT2D eigenvalue weighted by atomic mass is 16.5. The summed E-state index contributed by atoms with van der Waals surface area (Å²) in [5.74, 6) is -5.35. The molecule has 4 aliphatic rings. The third kappa shape index (κ3) is 4.81. The van der Waals surface area contributed by atoms with E-state index in [4.69, 9.17) is 4.74 Å². The van der Waals surface area contributed by atoms with Gasteiger partial charge in [0.15, 0.2) is 17.3 Å². The van der Waals surface area contributed by atoms with Gasteiger partial charge in [0.2, 0.25) is 11.8 Å². The van der Waals surface area contributed by atoms with Crippen molar-refractivity contribution in [1.29, 1.82) is 0 Å². The number of carbonyl (C=O) groups is 5. The molecule has 2 N–H and O–H groups in total. The molecule has 0 bridgehead atoms. The molecule has 4 aromatic rings. The number of nitrogens with one attached hydrogen (secondary N) is 1. The zero-order chi connectivity index (χ0) is 36.5. The fraction of sp³-hybridized carbons (Fsp3) is 0.262. The maximum absolute atomic E-state index is 15.2.